The van der Waals surface area contributed by atoms with Crippen molar-refractivity contribution in [2.75, 3.05) is 6.54 Å². The maximum atomic E-state index is 12.4. The molecule has 2 aliphatic rings. The van der Waals surface area contributed by atoms with E-state index in [1.807, 2.05) is 15.5 Å². The number of nitrogens with zero attached hydrogens (tertiary/aromatic N) is 2. The molecule has 5 nitrogen and oxygen atoms in total. The highest BCUT2D eigenvalue weighted by molar-refractivity contribution is 9.10. The Balaban J connectivity index is 1.87. The number of aromatic nitrogens is 1. The molecule has 2 heterocycles. The number of carboxylic acids is 1. The summed E-state index contributed by atoms with van der Waals surface area (Å²) in [4.78, 5) is 25.0. The lowest BCUT2D eigenvalue weighted by Gasteiger charge is -2.29. The van der Waals surface area contributed by atoms with Gasteiger partial charge in [-0.1, -0.05) is 0 Å². The van der Waals surface area contributed by atoms with Crippen LogP contribution in [0, 0.1) is 0 Å². The summed E-state index contributed by atoms with van der Waals surface area (Å²) in [6.45, 7) is 1.50. The van der Waals surface area contributed by atoms with Gasteiger partial charge in [0, 0.05) is 29.3 Å². The second-order valence-electron chi connectivity index (χ2n) is 5.10. The van der Waals surface area contributed by atoms with Gasteiger partial charge >= 0.3 is 5.97 Å². The zero-order chi connectivity index (χ0) is 13.6. The Kier molecular flexibility index (Phi) is 3.12. The van der Waals surface area contributed by atoms with Gasteiger partial charge in [-0.2, -0.15) is 0 Å². The summed E-state index contributed by atoms with van der Waals surface area (Å²) in [6.07, 6.45) is 2.76. The molecule has 0 spiro atoms. The van der Waals surface area contributed by atoms with Crippen LogP contribution >= 0.6 is 15.9 Å². The van der Waals surface area contributed by atoms with Crippen molar-refractivity contribution in [1.29, 1.82) is 0 Å². The van der Waals surface area contributed by atoms with Gasteiger partial charge < -0.3 is 14.6 Å². The molecular formula is C13H15BrN2O3. The van der Waals surface area contributed by atoms with Gasteiger partial charge in [0.05, 0.1) is 6.42 Å². The van der Waals surface area contributed by atoms with E-state index in [1.54, 1.807) is 0 Å². The van der Waals surface area contributed by atoms with Crippen molar-refractivity contribution >= 4 is 27.8 Å². The van der Waals surface area contributed by atoms with Crippen LogP contribution in [0.25, 0.3) is 0 Å². The third kappa shape index (κ3) is 2.29. The molecule has 1 amide bonds. The minimum absolute atomic E-state index is 0.0797. The van der Waals surface area contributed by atoms with Crippen LogP contribution in [0.4, 0.5) is 0 Å². The van der Waals surface area contributed by atoms with E-state index in [4.69, 9.17) is 5.11 Å². The molecule has 1 saturated carbocycles. The smallest absolute Gasteiger partial charge is 0.303 e. The number of fused-ring (bicyclic) bond motifs is 1. The van der Waals surface area contributed by atoms with Crippen LogP contribution in [0.15, 0.2) is 10.5 Å². The number of rotatable bonds is 4. The summed E-state index contributed by atoms with van der Waals surface area (Å²) < 4.78 is 2.81. The fraction of sp³-hybridized carbons (Fsp3) is 0.538. The molecule has 0 saturated heterocycles. The van der Waals surface area contributed by atoms with Crippen LogP contribution < -0.4 is 0 Å². The van der Waals surface area contributed by atoms with Gasteiger partial charge in [-0.15, -0.1) is 0 Å². The van der Waals surface area contributed by atoms with Gasteiger partial charge in [0.25, 0.3) is 5.91 Å². The summed E-state index contributed by atoms with van der Waals surface area (Å²) in [5.41, 5.74) is 1.60. The van der Waals surface area contributed by atoms with Crippen molar-refractivity contribution in [3.8, 4) is 0 Å². The first-order valence-electron chi connectivity index (χ1n) is 6.48. The number of carbonyl (C=O) groups is 2. The quantitative estimate of drug-likeness (QED) is 0.919. The van der Waals surface area contributed by atoms with Gasteiger partial charge in [0.2, 0.25) is 0 Å². The topological polar surface area (TPSA) is 62.5 Å². The standard InChI is InChI=1S/C13H15BrN2O3/c14-9-7-11-13(19)15(8-1-2-8)5-6-16(11)10(9)3-4-12(17)18/h7-8H,1-6H2,(H,17,18). The SMILES string of the molecule is O=C(O)CCc1c(Br)cc2n1CCN(C1CC1)C2=O. The normalized spacial score (nSPS) is 18.6. The average Bonchev–Trinajstić information content (AvgIpc) is 3.12. The fourth-order valence-corrected chi connectivity index (χ4v) is 3.29. The number of hydrogen-bond donors (Lipinski definition) is 1. The second-order valence-corrected chi connectivity index (χ2v) is 5.95. The number of amides is 1. The largest absolute Gasteiger partial charge is 0.481 e. The predicted molar refractivity (Wildman–Crippen MR) is 72.1 cm³/mol. The summed E-state index contributed by atoms with van der Waals surface area (Å²) in [5.74, 6) is -0.736. The van der Waals surface area contributed by atoms with E-state index in [9.17, 15) is 9.59 Å². The fourth-order valence-electron chi connectivity index (χ4n) is 2.66. The zero-order valence-electron chi connectivity index (χ0n) is 10.4. The lowest BCUT2D eigenvalue weighted by Crippen LogP contribution is -2.41. The van der Waals surface area contributed by atoms with Gasteiger partial charge in [-0.05, 0) is 41.3 Å². The van der Waals surface area contributed by atoms with Crippen LogP contribution in [0.5, 0.6) is 0 Å². The second kappa shape index (κ2) is 4.67. The van der Waals surface area contributed by atoms with E-state index in [-0.39, 0.29) is 12.3 Å². The number of halogens is 1. The van der Waals surface area contributed by atoms with E-state index in [0.29, 0.717) is 18.2 Å². The van der Waals surface area contributed by atoms with Gasteiger partial charge in [0.1, 0.15) is 5.69 Å². The first kappa shape index (κ1) is 12.7. The highest BCUT2D eigenvalue weighted by atomic mass is 79.9. The minimum Gasteiger partial charge on any atom is -0.481 e. The van der Waals surface area contributed by atoms with Gasteiger partial charge in [-0.25, -0.2) is 0 Å². The number of carboxylic acid groups (broad SMARTS) is 1. The molecule has 1 aliphatic heterocycles. The van der Waals surface area contributed by atoms with Crippen molar-refractivity contribution in [2.45, 2.75) is 38.3 Å². The Hall–Kier alpha value is -1.30. The van der Waals surface area contributed by atoms with Crippen molar-refractivity contribution in [3.05, 3.63) is 21.9 Å². The van der Waals surface area contributed by atoms with Crippen molar-refractivity contribution in [1.82, 2.24) is 9.47 Å². The minimum atomic E-state index is -0.816. The third-order valence-corrected chi connectivity index (χ3v) is 4.45. The molecule has 1 aliphatic carbocycles. The molecule has 1 aromatic rings. The van der Waals surface area contributed by atoms with Crippen molar-refractivity contribution in [2.24, 2.45) is 0 Å². The van der Waals surface area contributed by atoms with E-state index < -0.39 is 5.97 Å². The summed E-state index contributed by atoms with van der Waals surface area (Å²) >= 11 is 3.44. The molecule has 0 atom stereocenters. The molecule has 0 radical (unpaired) electrons. The van der Waals surface area contributed by atoms with Crippen LogP contribution in [-0.4, -0.2) is 39.0 Å². The van der Waals surface area contributed by atoms with Crippen LogP contribution in [-0.2, 0) is 17.8 Å². The van der Waals surface area contributed by atoms with E-state index in [2.05, 4.69) is 15.9 Å². The molecule has 0 aromatic carbocycles. The van der Waals surface area contributed by atoms with Crippen molar-refractivity contribution < 1.29 is 14.7 Å². The number of carbonyl (C=O) groups excluding carboxylic acids is 1. The Labute approximate surface area is 119 Å². The highest BCUT2D eigenvalue weighted by Gasteiger charge is 2.37. The molecule has 102 valence electrons. The molecule has 1 aromatic heterocycles. The maximum Gasteiger partial charge on any atom is 0.303 e. The zero-order valence-corrected chi connectivity index (χ0v) is 12.0. The summed E-state index contributed by atoms with van der Waals surface area (Å²) in [5, 5.41) is 8.78. The van der Waals surface area contributed by atoms with Gasteiger partial charge in [-0.3, -0.25) is 9.59 Å². The molecule has 0 bridgehead atoms. The molecule has 1 N–H and O–H groups in total. The molecule has 0 unspecified atom stereocenters. The average molecular weight is 327 g/mol. The van der Waals surface area contributed by atoms with E-state index in [0.717, 1.165) is 36.1 Å². The monoisotopic (exact) mass is 326 g/mol. The highest BCUT2D eigenvalue weighted by Crippen LogP contribution is 2.33. The number of aliphatic carboxylic acids is 1. The molecule has 1 fully saturated rings. The Morgan fingerprint density at radius 1 is 1.42 bits per heavy atom. The van der Waals surface area contributed by atoms with E-state index in [1.165, 1.54) is 0 Å². The van der Waals surface area contributed by atoms with Crippen LogP contribution in [0.3, 0.4) is 0 Å². The number of hydrogen-bond acceptors (Lipinski definition) is 2. The molecule has 19 heavy (non-hydrogen) atoms. The van der Waals surface area contributed by atoms with Crippen molar-refractivity contribution in [3.63, 3.8) is 0 Å². The van der Waals surface area contributed by atoms with Gasteiger partial charge in [0.15, 0.2) is 0 Å². The third-order valence-electron chi connectivity index (χ3n) is 3.76. The maximum absolute atomic E-state index is 12.4. The first-order chi connectivity index (χ1) is 9.08. The van der Waals surface area contributed by atoms with Crippen LogP contribution in [0.2, 0.25) is 0 Å². The van der Waals surface area contributed by atoms with E-state index >= 15 is 0 Å². The summed E-state index contributed by atoms with van der Waals surface area (Å²) in [6, 6.07) is 2.26. The molecular weight excluding hydrogens is 312 g/mol. The Morgan fingerprint density at radius 3 is 2.79 bits per heavy atom. The molecule has 6 heteroatoms. The molecule has 3 rings (SSSR count). The predicted octanol–water partition coefficient (Wildman–Crippen LogP) is 1.89. The lowest BCUT2D eigenvalue weighted by molar-refractivity contribution is -0.136. The Morgan fingerprint density at radius 2 is 2.16 bits per heavy atom. The lowest BCUT2D eigenvalue weighted by atomic mass is 10.2. The summed E-state index contributed by atoms with van der Waals surface area (Å²) in [7, 11) is 0. The Bertz CT molecular complexity index is 548. The van der Waals surface area contributed by atoms with Crippen LogP contribution in [0.1, 0.15) is 35.4 Å². The first-order valence-corrected chi connectivity index (χ1v) is 7.28.